The van der Waals surface area contributed by atoms with Gasteiger partial charge in [0.05, 0.1) is 0 Å². The molecule has 250 valence electrons. The van der Waals surface area contributed by atoms with Gasteiger partial charge < -0.3 is 4.57 Å². The fourth-order valence-corrected chi connectivity index (χ4v) is 10.2. The highest BCUT2D eigenvalue weighted by molar-refractivity contribution is 7.79. The largest absolute Gasteiger partial charge is 0.314 e. The van der Waals surface area contributed by atoms with Crippen molar-refractivity contribution in [3.63, 3.8) is 0 Å². The first-order chi connectivity index (χ1) is 26.0. The summed E-state index contributed by atoms with van der Waals surface area (Å²) in [6.45, 7) is 1.89. The molecule has 1 aromatic heterocycles. The Morgan fingerprint density at radius 3 is 1.57 bits per heavy atom. The van der Waals surface area contributed by atoms with Crippen molar-refractivity contribution in [2.24, 2.45) is 0 Å². The molecule has 10 rings (SSSR count). The number of benzene rings is 8. The van der Waals surface area contributed by atoms with Crippen molar-refractivity contribution >= 4 is 39.3 Å². The van der Waals surface area contributed by atoms with Crippen LogP contribution in [-0.2, 0) is 4.57 Å². The first kappa shape index (κ1) is 31.3. The van der Waals surface area contributed by atoms with E-state index in [1.165, 1.54) is 21.5 Å². The lowest BCUT2D eigenvalue weighted by Gasteiger charge is -2.16. The predicted octanol–water partition coefficient (Wildman–Crippen LogP) is 11.4. The Labute approximate surface area is 307 Å². The van der Waals surface area contributed by atoms with Gasteiger partial charge in [-0.15, -0.1) is 0 Å². The van der Waals surface area contributed by atoms with Gasteiger partial charge in [0.2, 0.25) is 0 Å². The second-order valence-corrected chi connectivity index (χ2v) is 16.5. The molecular formula is C48H32N3OP. The fraction of sp³-hybridized carbons (Fsp3) is 0.0208. The van der Waals surface area contributed by atoms with Gasteiger partial charge in [0.25, 0.3) is 0 Å². The van der Waals surface area contributed by atoms with Crippen LogP contribution >= 0.6 is 7.14 Å². The molecule has 0 saturated carbocycles. The Bertz CT molecular complexity index is 2880. The van der Waals surface area contributed by atoms with Gasteiger partial charge >= 0.3 is 0 Å². The molecule has 8 aromatic carbocycles. The Hall–Kier alpha value is -6.48. The summed E-state index contributed by atoms with van der Waals surface area (Å²) in [5.74, 6) is 1.80. The lowest BCUT2D eigenvalue weighted by Crippen LogP contribution is -2.08. The molecule has 9 aromatic rings. The van der Waals surface area contributed by atoms with E-state index in [2.05, 4.69) is 84.9 Å². The van der Waals surface area contributed by atoms with E-state index in [1.54, 1.807) is 0 Å². The minimum Gasteiger partial charge on any atom is -0.314 e. The van der Waals surface area contributed by atoms with Gasteiger partial charge in [-0.1, -0.05) is 152 Å². The lowest BCUT2D eigenvalue weighted by molar-refractivity contribution is 0.591. The van der Waals surface area contributed by atoms with Crippen molar-refractivity contribution in [3.05, 3.63) is 176 Å². The molecule has 0 saturated heterocycles. The van der Waals surface area contributed by atoms with E-state index in [-0.39, 0.29) is 0 Å². The zero-order valence-electron chi connectivity index (χ0n) is 28.9. The molecule has 0 aliphatic carbocycles. The van der Waals surface area contributed by atoms with Crippen molar-refractivity contribution in [3.8, 4) is 67.5 Å². The Kier molecular flexibility index (Phi) is 7.28. The van der Waals surface area contributed by atoms with E-state index in [0.29, 0.717) is 17.5 Å². The maximum absolute atomic E-state index is 14.4. The molecule has 53 heavy (non-hydrogen) atoms. The van der Waals surface area contributed by atoms with E-state index < -0.39 is 7.14 Å². The highest BCUT2D eigenvalue weighted by Gasteiger charge is 2.36. The second-order valence-electron chi connectivity index (χ2n) is 13.7. The molecule has 1 aliphatic heterocycles. The highest BCUT2D eigenvalue weighted by atomic mass is 31.2. The minimum absolute atomic E-state index is 0.583. The Balaban J connectivity index is 1.28. The van der Waals surface area contributed by atoms with E-state index in [1.807, 2.05) is 97.7 Å². The van der Waals surface area contributed by atoms with Crippen molar-refractivity contribution in [2.45, 2.75) is 0 Å². The number of rotatable bonds is 5. The van der Waals surface area contributed by atoms with Crippen LogP contribution in [-0.4, -0.2) is 21.6 Å². The molecule has 0 N–H and O–H groups in total. The molecule has 0 amide bonds. The SMILES string of the molecule is CP1(=O)c2ccccc2-c2c(-c3cc(-c4nc(-c5ccccc5)nc(-c5ccccc5)n4)cc(-c4cc5ccccc5c5ccccc45)c3)cccc21. The van der Waals surface area contributed by atoms with Crippen molar-refractivity contribution in [1.82, 2.24) is 15.0 Å². The van der Waals surface area contributed by atoms with E-state index in [0.717, 1.165) is 60.7 Å². The summed E-state index contributed by atoms with van der Waals surface area (Å²) in [6, 6.07) is 60.7. The molecular weight excluding hydrogens is 666 g/mol. The normalized spacial score (nSPS) is 14.7. The third kappa shape index (κ3) is 5.22. The van der Waals surface area contributed by atoms with Crippen molar-refractivity contribution in [2.75, 3.05) is 6.66 Å². The number of fused-ring (bicyclic) bond motifs is 6. The average molecular weight is 698 g/mol. The van der Waals surface area contributed by atoms with Crippen LogP contribution in [0.4, 0.5) is 0 Å². The average Bonchev–Trinajstić information content (AvgIpc) is 3.47. The molecule has 1 atom stereocenters. The van der Waals surface area contributed by atoms with Crippen LogP contribution in [0.1, 0.15) is 0 Å². The monoisotopic (exact) mass is 697 g/mol. The van der Waals surface area contributed by atoms with Crippen LogP contribution in [0.3, 0.4) is 0 Å². The number of hydrogen-bond acceptors (Lipinski definition) is 4. The number of nitrogens with zero attached hydrogens (tertiary/aromatic N) is 3. The summed E-state index contributed by atoms with van der Waals surface area (Å²) >= 11 is 0. The molecule has 0 fully saturated rings. The summed E-state index contributed by atoms with van der Waals surface area (Å²) in [6.07, 6.45) is 0. The molecule has 1 unspecified atom stereocenters. The summed E-state index contributed by atoms with van der Waals surface area (Å²) in [5, 5.41) is 6.58. The van der Waals surface area contributed by atoms with Crippen molar-refractivity contribution < 1.29 is 4.57 Å². The van der Waals surface area contributed by atoms with Gasteiger partial charge in [0.15, 0.2) is 17.5 Å². The maximum Gasteiger partial charge on any atom is 0.164 e. The summed E-state index contributed by atoms with van der Waals surface area (Å²) in [4.78, 5) is 15.3. The topological polar surface area (TPSA) is 55.7 Å². The van der Waals surface area contributed by atoms with Crippen LogP contribution in [0.15, 0.2) is 176 Å². The van der Waals surface area contributed by atoms with Gasteiger partial charge in [-0.2, -0.15) is 0 Å². The highest BCUT2D eigenvalue weighted by Crippen LogP contribution is 2.53. The first-order valence-corrected chi connectivity index (χ1v) is 19.9. The van der Waals surface area contributed by atoms with Crippen LogP contribution in [0.5, 0.6) is 0 Å². The van der Waals surface area contributed by atoms with Gasteiger partial charge in [0, 0.05) is 32.9 Å². The summed E-state index contributed by atoms with van der Waals surface area (Å²) < 4.78 is 14.4. The van der Waals surface area contributed by atoms with E-state index in [4.69, 9.17) is 15.0 Å². The molecule has 0 spiro atoms. The maximum atomic E-state index is 14.4. The summed E-state index contributed by atoms with van der Waals surface area (Å²) in [7, 11) is -2.78. The van der Waals surface area contributed by atoms with Gasteiger partial charge in [-0.05, 0) is 80.3 Å². The van der Waals surface area contributed by atoms with Gasteiger partial charge in [0.1, 0.15) is 7.14 Å². The number of hydrogen-bond donors (Lipinski definition) is 0. The zero-order valence-corrected chi connectivity index (χ0v) is 29.8. The molecule has 5 heteroatoms. The van der Waals surface area contributed by atoms with Crippen LogP contribution in [0.25, 0.3) is 89.1 Å². The third-order valence-electron chi connectivity index (χ3n) is 10.4. The first-order valence-electron chi connectivity index (χ1n) is 17.8. The third-order valence-corrected chi connectivity index (χ3v) is 13.0. The molecule has 0 bridgehead atoms. The summed E-state index contributed by atoms with van der Waals surface area (Å²) in [5.41, 5.74) is 8.98. The smallest absolute Gasteiger partial charge is 0.164 e. The van der Waals surface area contributed by atoms with Crippen molar-refractivity contribution in [1.29, 1.82) is 0 Å². The van der Waals surface area contributed by atoms with E-state index in [9.17, 15) is 4.57 Å². The van der Waals surface area contributed by atoms with E-state index >= 15 is 0 Å². The Morgan fingerprint density at radius 2 is 0.868 bits per heavy atom. The fourth-order valence-electron chi connectivity index (χ4n) is 7.90. The van der Waals surface area contributed by atoms with Gasteiger partial charge in [-0.3, -0.25) is 0 Å². The van der Waals surface area contributed by atoms with Gasteiger partial charge in [-0.25, -0.2) is 15.0 Å². The predicted molar refractivity (Wildman–Crippen MR) is 220 cm³/mol. The van der Waals surface area contributed by atoms with Crippen LogP contribution in [0, 0.1) is 0 Å². The standard InChI is InChI=1S/C48H32N3OP/c1-53(52)43-25-13-12-23-41(43)45-38(24-14-26-44(45)53)34-27-35(42-30-33-19-8-9-20-37(33)39-21-10-11-22-40(39)42)29-36(28-34)48-50-46(31-15-4-2-5-16-31)49-47(51-48)32-17-6-3-7-18-32/h2-30H,1H3. The molecule has 4 nitrogen and oxygen atoms in total. The molecule has 0 radical (unpaired) electrons. The van der Waals surface area contributed by atoms with Crippen LogP contribution < -0.4 is 10.6 Å². The second kappa shape index (κ2) is 12.3. The lowest BCUT2D eigenvalue weighted by atomic mass is 9.88. The molecule has 1 aliphatic rings. The molecule has 2 heterocycles. The quantitative estimate of drug-likeness (QED) is 0.133. The Morgan fingerprint density at radius 1 is 0.377 bits per heavy atom. The minimum atomic E-state index is -2.78. The zero-order chi connectivity index (χ0) is 35.5. The van der Waals surface area contributed by atoms with Crippen LogP contribution in [0.2, 0.25) is 0 Å². The number of aromatic nitrogens is 3.